The van der Waals surface area contributed by atoms with Gasteiger partial charge in [0.1, 0.15) is 11.5 Å². The van der Waals surface area contributed by atoms with Crippen molar-refractivity contribution in [1.29, 1.82) is 0 Å². The molecule has 0 saturated heterocycles. The van der Waals surface area contributed by atoms with Crippen molar-refractivity contribution in [3.63, 3.8) is 0 Å². The number of benzene rings is 1. The number of hydrogen-bond donors (Lipinski definition) is 0. The molecule has 0 aliphatic carbocycles. The maximum atomic E-state index is 5.62. The summed E-state index contributed by atoms with van der Waals surface area (Å²) in [5.41, 5.74) is 1.17. The molecule has 0 bridgehead atoms. The van der Waals surface area contributed by atoms with Gasteiger partial charge in [-0.25, -0.2) is 0 Å². The van der Waals surface area contributed by atoms with E-state index in [9.17, 15) is 0 Å². The SMILES string of the molecule is C/C=C/c1ccc(Oc2cccnc2)cc1. The van der Waals surface area contributed by atoms with Gasteiger partial charge in [-0.05, 0) is 36.8 Å². The van der Waals surface area contributed by atoms with Crippen LogP contribution in [-0.4, -0.2) is 4.98 Å². The Labute approximate surface area is 95.2 Å². The molecule has 0 atom stereocenters. The molecule has 1 aromatic heterocycles. The van der Waals surface area contributed by atoms with Gasteiger partial charge in [-0.15, -0.1) is 0 Å². The first-order chi connectivity index (χ1) is 7.88. The van der Waals surface area contributed by atoms with Gasteiger partial charge in [0.05, 0.1) is 6.20 Å². The van der Waals surface area contributed by atoms with Crippen molar-refractivity contribution in [2.24, 2.45) is 0 Å². The lowest BCUT2D eigenvalue weighted by Crippen LogP contribution is -1.84. The van der Waals surface area contributed by atoms with Crippen LogP contribution in [0.15, 0.2) is 54.9 Å². The van der Waals surface area contributed by atoms with Crippen molar-refractivity contribution in [1.82, 2.24) is 4.98 Å². The highest BCUT2D eigenvalue weighted by Crippen LogP contribution is 2.20. The fourth-order valence-electron chi connectivity index (χ4n) is 1.38. The first-order valence-electron chi connectivity index (χ1n) is 5.19. The minimum Gasteiger partial charge on any atom is -0.456 e. The third-order valence-electron chi connectivity index (χ3n) is 2.11. The zero-order valence-corrected chi connectivity index (χ0v) is 9.13. The molecule has 2 nitrogen and oxygen atoms in total. The van der Waals surface area contributed by atoms with Gasteiger partial charge in [0, 0.05) is 6.20 Å². The van der Waals surface area contributed by atoms with Crippen molar-refractivity contribution in [3.05, 3.63) is 60.4 Å². The van der Waals surface area contributed by atoms with Crippen LogP contribution >= 0.6 is 0 Å². The van der Waals surface area contributed by atoms with Gasteiger partial charge >= 0.3 is 0 Å². The Kier molecular flexibility index (Phi) is 3.34. The second kappa shape index (κ2) is 5.12. The highest BCUT2D eigenvalue weighted by molar-refractivity contribution is 5.50. The second-order valence-electron chi connectivity index (χ2n) is 3.36. The van der Waals surface area contributed by atoms with E-state index < -0.39 is 0 Å². The summed E-state index contributed by atoms with van der Waals surface area (Å²) >= 11 is 0. The number of hydrogen-bond acceptors (Lipinski definition) is 2. The monoisotopic (exact) mass is 211 g/mol. The van der Waals surface area contributed by atoms with Gasteiger partial charge in [-0.2, -0.15) is 0 Å². The largest absolute Gasteiger partial charge is 0.456 e. The predicted molar refractivity (Wildman–Crippen MR) is 65.5 cm³/mol. The number of pyridine rings is 1. The van der Waals surface area contributed by atoms with Gasteiger partial charge in [0.2, 0.25) is 0 Å². The summed E-state index contributed by atoms with van der Waals surface area (Å²) in [5, 5.41) is 0. The molecule has 0 fully saturated rings. The lowest BCUT2D eigenvalue weighted by atomic mass is 10.2. The molecule has 80 valence electrons. The van der Waals surface area contributed by atoms with E-state index in [1.54, 1.807) is 12.4 Å². The van der Waals surface area contributed by atoms with E-state index in [0.29, 0.717) is 0 Å². The highest BCUT2D eigenvalue weighted by atomic mass is 16.5. The van der Waals surface area contributed by atoms with Crippen LogP contribution in [-0.2, 0) is 0 Å². The summed E-state index contributed by atoms with van der Waals surface area (Å²) < 4.78 is 5.62. The number of allylic oxidation sites excluding steroid dienone is 1. The number of rotatable bonds is 3. The number of ether oxygens (including phenoxy) is 1. The molecule has 1 aromatic carbocycles. The zero-order chi connectivity index (χ0) is 11.2. The van der Waals surface area contributed by atoms with E-state index in [4.69, 9.17) is 4.74 Å². The third kappa shape index (κ3) is 2.70. The minimum atomic E-state index is 0.751. The summed E-state index contributed by atoms with van der Waals surface area (Å²) in [5.74, 6) is 1.57. The maximum Gasteiger partial charge on any atom is 0.145 e. The molecule has 0 spiro atoms. The Hall–Kier alpha value is -2.09. The van der Waals surface area contributed by atoms with Gasteiger partial charge < -0.3 is 4.74 Å². The molecule has 0 aliphatic heterocycles. The average Bonchev–Trinajstić information content (AvgIpc) is 2.33. The standard InChI is InChI=1S/C14H13NO/c1-2-4-12-6-8-13(9-7-12)16-14-5-3-10-15-11-14/h2-11H,1H3/b4-2+. The summed E-state index contributed by atoms with van der Waals surface area (Å²) in [4.78, 5) is 3.99. The predicted octanol–water partition coefficient (Wildman–Crippen LogP) is 3.91. The molecule has 0 N–H and O–H groups in total. The summed E-state index contributed by atoms with van der Waals surface area (Å²) in [6.07, 6.45) is 7.48. The smallest absolute Gasteiger partial charge is 0.145 e. The summed E-state index contributed by atoms with van der Waals surface area (Å²) in [6, 6.07) is 11.7. The Morgan fingerprint density at radius 2 is 1.88 bits per heavy atom. The molecular formula is C14H13NO. The van der Waals surface area contributed by atoms with Crippen molar-refractivity contribution in [2.75, 3.05) is 0 Å². The molecule has 0 unspecified atom stereocenters. The van der Waals surface area contributed by atoms with Gasteiger partial charge in [-0.1, -0.05) is 24.3 Å². The Bertz CT molecular complexity index is 460. The Morgan fingerprint density at radius 3 is 2.50 bits per heavy atom. The molecule has 16 heavy (non-hydrogen) atoms. The Balaban J connectivity index is 2.11. The van der Waals surface area contributed by atoms with E-state index >= 15 is 0 Å². The normalized spacial score (nSPS) is 10.6. The molecule has 2 heteroatoms. The maximum absolute atomic E-state index is 5.62. The van der Waals surface area contributed by atoms with E-state index in [-0.39, 0.29) is 0 Å². The van der Waals surface area contributed by atoms with Crippen molar-refractivity contribution >= 4 is 6.08 Å². The van der Waals surface area contributed by atoms with Crippen LogP contribution in [0.3, 0.4) is 0 Å². The van der Waals surface area contributed by atoms with Gasteiger partial charge in [0.25, 0.3) is 0 Å². The third-order valence-corrected chi connectivity index (χ3v) is 2.11. The van der Waals surface area contributed by atoms with Crippen molar-refractivity contribution in [2.45, 2.75) is 6.92 Å². The topological polar surface area (TPSA) is 22.1 Å². The highest BCUT2D eigenvalue weighted by Gasteiger charge is 1.95. The molecule has 2 aromatic rings. The van der Waals surface area contributed by atoms with Crippen molar-refractivity contribution < 1.29 is 4.74 Å². The van der Waals surface area contributed by atoms with Crippen LogP contribution in [0.25, 0.3) is 6.08 Å². The lowest BCUT2D eigenvalue weighted by Gasteiger charge is -2.04. The first kappa shape index (κ1) is 10.4. The van der Waals surface area contributed by atoms with Crippen LogP contribution in [0.1, 0.15) is 12.5 Å². The zero-order valence-electron chi connectivity index (χ0n) is 9.13. The first-order valence-corrected chi connectivity index (χ1v) is 5.19. The number of aromatic nitrogens is 1. The van der Waals surface area contributed by atoms with E-state index in [0.717, 1.165) is 11.5 Å². The summed E-state index contributed by atoms with van der Waals surface area (Å²) in [6.45, 7) is 2.00. The fraction of sp³-hybridized carbons (Fsp3) is 0.0714. The average molecular weight is 211 g/mol. The summed E-state index contributed by atoms with van der Waals surface area (Å²) in [7, 11) is 0. The van der Waals surface area contributed by atoms with Crippen LogP contribution in [0.4, 0.5) is 0 Å². The lowest BCUT2D eigenvalue weighted by molar-refractivity contribution is 0.480. The van der Waals surface area contributed by atoms with Crippen molar-refractivity contribution in [3.8, 4) is 11.5 Å². The van der Waals surface area contributed by atoms with Crippen LogP contribution < -0.4 is 4.74 Å². The van der Waals surface area contributed by atoms with Gasteiger partial charge in [-0.3, -0.25) is 4.98 Å². The van der Waals surface area contributed by atoms with Crippen LogP contribution in [0, 0.1) is 0 Å². The van der Waals surface area contributed by atoms with E-state index in [2.05, 4.69) is 4.98 Å². The second-order valence-corrected chi connectivity index (χ2v) is 3.36. The minimum absolute atomic E-state index is 0.751. The molecule has 0 saturated carbocycles. The molecule has 0 aliphatic rings. The molecular weight excluding hydrogens is 198 g/mol. The van der Waals surface area contributed by atoms with E-state index in [1.165, 1.54) is 5.56 Å². The number of nitrogens with zero attached hydrogens (tertiary/aromatic N) is 1. The molecule has 0 amide bonds. The van der Waals surface area contributed by atoms with Crippen LogP contribution in [0.5, 0.6) is 11.5 Å². The van der Waals surface area contributed by atoms with Crippen LogP contribution in [0.2, 0.25) is 0 Å². The van der Waals surface area contributed by atoms with Gasteiger partial charge in [0.15, 0.2) is 0 Å². The molecule has 0 radical (unpaired) electrons. The van der Waals surface area contributed by atoms with E-state index in [1.807, 2.05) is 55.5 Å². The quantitative estimate of drug-likeness (QED) is 0.768. The molecule has 1 heterocycles. The fourth-order valence-corrected chi connectivity index (χ4v) is 1.38. The Morgan fingerprint density at radius 1 is 1.06 bits per heavy atom. The molecule has 2 rings (SSSR count).